The molecular formula is C13H22O6. The smallest absolute Gasteiger partial charge is 0.312 e. The molecule has 0 amide bonds. The van der Waals surface area contributed by atoms with Crippen LogP contribution in [0.2, 0.25) is 0 Å². The second-order valence-corrected chi connectivity index (χ2v) is 6.39. The van der Waals surface area contributed by atoms with E-state index in [-0.39, 0.29) is 12.8 Å². The van der Waals surface area contributed by atoms with E-state index in [9.17, 15) is 19.8 Å². The SMILES string of the molecule is CC(C)(C)O[C@H]1C[C@@H](C(=O)O)[C@@H](O)C[C@@]1(C)C(=O)O. The molecule has 6 nitrogen and oxygen atoms in total. The first-order chi connectivity index (χ1) is 8.47. The van der Waals surface area contributed by atoms with Gasteiger partial charge in [0, 0.05) is 0 Å². The molecule has 0 saturated heterocycles. The summed E-state index contributed by atoms with van der Waals surface area (Å²) in [5.41, 5.74) is -1.86. The first-order valence-corrected chi connectivity index (χ1v) is 6.29. The third kappa shape index (κ3) is 3.45. The zero-order valence-electron chi connectivity index (χ0n) is 11.7. The average molecular weight is 274 g/mol. The number of carbonyl (C=O) groups is 2. The third-order valence-electron chi connectivity index (χ3n) is 3.58. The summed E-state index contributed by atoms with van der Waals surface area (Å²) in [6.07, 6.45) is -2.04. The zero-order chi connectivity index (χ0) is 15.0. The van der Waals surface area contributed by atoms with E-state index in [0.717, 1.165) is 0 Å². The van der Waals surface area contributed by atoms with Gasteiger partial charge in [0.15, 0.2) is 0 Å². The Morgan fingerprint density at radius 2 is 1.79 bits per heavy atom. The van der Waals surface area contributed by atoms with Crippen molar-refractivity contribution in [2.24, 2.45) is 11.3 Å². The van der Waals surface area contributed by atoms with Crippen LogP contribution in [0, 0.1) is 11.3 Å². The van der Waals surface area contributed by atoms with Gasteiger partial charge in [0.2, 0.25) is 0 Å². The van der Waals surface area contributed by atoms with Gasteiger partial charge in [-0.3, -0.25) is 9.59 Å². The normalized spacial score (nSPS) is 35.9. The molecule has 1 rings (SSSR count). The molecule has 0 aromatic rings. The van der Waals surface area contributed by atoms with E-state index >= 15 is 0 Å². The minimum Gasteiger partial charge on any atom is -0.481 e. The van der Waals surface area contributed by atoms with Crippen molar-refractivity contribution in [3.05, 3.63) is 0 Å². The van der Waals surface area contributed by atoms with Crippen molar-refractivity contribution in [3.63, 3.8) is 0 Å². The first-order valence-electron chi connectivity index (χ1n) is 6.29. The summed E-state index contributed by atoms with van der Waals surface area (Å²) < 4.78 is 5.73. The molecule has 0 aromatic heterocycles. The highest BCUT2D eigenvalue weighted by Gasteiger charge is 2.52. The Morgan fingerprint density at radius 1 is 1.26 bits per heavy atom. The summed E-state index contributed by atoms with van der Waals surface area (Å²) in [4.78, 5) is 22.5. The highest BCUT2D eigenvalue weighted by Crippen LogP contribution is 2.42. The van der Waals surface area contributed by atoms with E-state index in [2.05, 4.69) is 0 Å². The lowest BCUT2D eigenvalue weighted by Crippen LogP contribution is -2.54. The highest BCUT2D eigenvalue weighted by molar-refractivity contribution is 5.77. The largest absolute Gasteiger partial charge is 0.481 e. The van der Waals surface area contributed by atoms with Crippen LogP contribution >= 0.6 is 0 Å². The maximum absolute atomic E-state index is 11.5. The molecule has 0 aromatic carbocycles. The number of hydrogen-bond donors (Lipinski definition) is 3. The van der Waals surface area contributed by atoms with Gasteiger partial charge in [-0.1, -0.05) is 0 Å². The fraction of sp³-hybridized carbons (Fsp3) is 0.846. The maximum Gasteiger partial charge on any atom is 0.312 e. The fourth-order valence-electron chi connectivity index (χ4n) is 2.45. The molecule has 1 aliphatic rings. The molecule has 19 heavy (non-hydrogen) atoms. The van der Waals surface area contributed by atoms with Crippen molar-refractivity contribution in [1.82, 2.24) is 0 Å². The van der Waals surface area contributed by atoms with Crippen LogP contribution < -0.4 is 0 Å². The molecule has 1 fully saturated rings. The number of carboxylic acids is 2. The Labute approximate surface area is 112 Å². The summed E-state index contributed by atoms with van der Waals surface area (Å²) in [6, 6.07) is 0. The fourth-order valence-corrected chi connectivity index (χ4v) is 2.45. The Balaban J connectivity index is 3.04. The zero-order valence-corrected chi connectivity index (χ0v) is 11.7. The van der Waals surface area contributed by atoms with Gasteiger partial charge in [-0.15, -0.1) is 0 Å². The lowest BCUT2D eigenvalue weighted by atomic mass is 9.68. The molecular weight excluding hydrogens is 252 g/mol. The number of aliphatic hydroxyl groups excluding tert-OH is 1. The number of hydrogen-bond acceptors (Lipinski definition) is 4. The summed E-state index contributed by atoms with van der Waals surface area (Å²) in [7, 11) is 0. The van der Waals surface area contributed by atoms with Crippen molar-refractivity contribution in [3.8, 4) is 0 Å². The van der Waals surface area contributed by atoms with Crippen molar-refractivity contribution in [1.29, 1.82) is 0 Å². The van der Waals surface area contributed by atoms with Crippen molar-refractivity contribution < 1.29 is 29.6 Å². The van der Waals surface area contributed by atoms with Crippen LogP contribution in [0.3, 0.4) is 0 Å². The van der Waals surface area contributed by atoms with E-state index in [1.165, 1.54) is 6.92 Å². The molecule has 0 heterocycles. The molecule has 0 aliphatic heterocycles. The van der Waals surface area contributed by atoms with Crippen LogP contribution in [-0.2, 0) is 14.3 Å². The molecule has 0 bridgehead atoms. The van der Waals surface area contributed by atoms with Crippen molar-refractivity contribution in [2.75, 3.05) is 0 Å². The number of aliphatic carboxylic acids is 2. The number of ether oxygens (including phenoxy) is 1. The maximum atomic E-state index is 11.5. The molecule has 1 saturated carbocycles. The Kier molecular flexibility index (Phi) is 4.27. The summed E-state index contributed by atoms with van der Waals surface area (Å²) in [6.45, 7) is 6.86. The van der Waals surface area contributed by atoms with Crippen LogP contribution in [-0.4, -0.2) is 45.1 Å². The second-order valence-electron chi connectivity index (χ2n) is 6.39. The van der Waals surface area contributed by atoms with Gasteiger partial charge in [0.05, 0.1) is 29.1 Å². The minimum absolute atomic E-state index is 0.00340. The molecule has 0 unspecified atom stereocenters. The van der Waals surface area contributed by atoms with Crippen LogP contribution in [0.5, 0.6) is 0 Å². The monoisotopic (exact) mass is 274 g/mol. The molecule has 0 radical (unpaired) electrons. The molecule has 0 spiro atoms. The van der Waals surface area contributed by atoms with Gasteiger partial charge in [0.25, 0.3) is 0 Å². The lowest BCUT2D eigenvalue weighted by Gasteiger charge is -2.44. The van der Waals surface area contributed by atoms with Crippen LogP contribution in [0.4, 0.5) is 0 Å². The first kappa shape index (κ1) is 15.9. The van der Waals surface area contributed by atoms with Crippen molar-refractivity contribution >= 4 is 11.9 Å². The minimum atomic E-state index is -1.28. The van der Waals surface area contributed by atoms with Gasteiger partial charge >= 0.3 is 11.9 Å². The number of carboxylic acid groups (broad SMARTS) is 2. The Bertz CT molecular complexity index is 372. The third-order valence-corrected chi connectivity index (χ3v) is 3.58. The van der Waals surface area contributed by atoms with Gasteiger partial charge < -0.3 is 20.1 Å². The van der Waals surface area contributed by atoms with Crippen molar-refractivity contribution in [2.45, 2.75) is 58.3 Å². The van der Waals surface area contributed by atoms with Gasteiger partial charge in [-0.2, -0.15) is 0 Å². The predicted octanol–water partition coefficient (Wildman–Crippen LogP) is 1.12. The van der Waals surface area contributed by atoms with E-state index in [1.54, 1.807) is 20.8 Å². The van der Waals surface area contributed by atoms with Gasteiger partial charge in [0.1, 0.15) is 0 Å². The molecule has 110 valence electrons. The van der Waals surface area contributed by atoms with Crippen LogP contribution in [0.15, 0.2) is 0 Å². The molecule has 6 heteroatoms. The van der Waals surface area contributed by atoms with Crippen LogP contribution in [0.1, 0.15) is 40.5 Å². The second kappa shape index (κ2) is 5.09. The lowest BCUT2D eigenvalue weighted by molar-refractivity contribution is -0.193. The van der Waals surface area contributed by atoms with E-state index in [0.29, 0.717) is 0 Å². The van der Waals surface area contributed by atoms with Crippen LogP contribution in [0.25, 0.3) is 0 Å². The summed E-state index contributed by atoms with van der Waals surface area (Å²) in [5.74, 6) is -3.19. The van der Waals surface area contributed by atoms with E-state index in [4.69, 9.17) is 9.84 Å². The quantitative estimate of drug-likeness (QED) is 0.712. The summed E-state index contributed by atoms with van der Waals surface area (Å²) >= 11 is 0. The van der Waals surface area contributed by atoms with E-state index in [1.807, 2.05) is 0 Å². The van der Waals surface area contributed by atoms with Gasteiger partial charge in [-0.05, 0) is 40.5 Å². The predicted molar refractivity (Wildman–Crippen MR) is 66.7 cm³/mol. The average Bonchev–Trinajstić information content (AvgIpc) is 2.19. The van der Waals surface area contributed by atoms with Gasteiger partial charge in [-0.25, -0.2) is 0 Å². The Hall–Kier alpha value is -1.14. The number of aliphatic hydroxyl groups is 1. The molecule has 1 aliphatic carbocycles. The number of rotatable bonds is 3. The van der Waals surface area contributed by atoms with E-state index < -0.39 is 41.1 Å². The topological polar surface area (TPSA) is 104 Å². The molecule has 3 N–H and O–H groups in total. The summed E-state index contributed by atoms with van der Waals surface area (Å²) in [5, 5.41) is 28.3. The molecule has 4 atom stereocenters. The standard InChI is InChI=1S/C13H22O6/c1-12(2,3)19-9-5-7(10(15)16)8(14)6-13(9,4)11(17)18/h7-9,14H,5-6H2,1-4H3,(H,15,16)(H,17,18)/t7-,8+,9+,13-/m1/s1. The highest BCUT2D eigenvalue weighted by atomic mass is 16.5. The Morgan fingerprint density at radius 3 is 2.16 bits per heavy atom.